The highest BCUT2D eigenvalue weighted by Gasteiger charge is 2.15. The fraction of sp³-hybridized carbons (Fsp3) is 0.400. The van der Waals surface area contributed by atoms with Crippen molar-refractivity contribution >= 4 is 29.0 Å². The Morgan fingerprint density at radius 1 is 0.812 bits per heavy atom. The number of ketones is 1. The minimum atomic E-state index is -0.400. The lowest BCUT2D eigenvalue weighted by Gasteiger charge is -2.22. The van der Waals surface area contributed by atoms with Crippen LogP contribution in [0.1, 0.15) is 44.1 Å². The Morgan fingerprint density at radius 2 is 1.47 bits per heavy atom. The van der Waals surface area contributed by atoms with Crippen LogP contribution in [-0.4, -0.2) is 47.6 Å². The van der Waals surface area contributed by atoms with Crippen molar-refractivity contribution in [2.75, 3.05) is 30.0 Å². The van der Waals surface area contributed by atoms with Crippen molar-refractivity contribution in [3.8, 4) is 0 Å². The molecule has 0 spiro atoms. The lowest BCUT2D eigenvalue weighted by Crippen LogP contribution is -2.34. The van der Waals surface area contributed by atoms with Gasteiger partial charge in [-0.2, -0.15) is 0 Å². The number of aliphatic hydroxyl groups excluding tert-OH is 2. The Kier molecular flexibility index (Phi) is 11.1. The van der Waals surface area contributed by atoms with Gasteiger partial charge in [0.15, 0.2) is 5.78 Å². The third-order valence-electron chi connectivity index (χ3n) is 5.07. The molecule has 0 aliphatic carbocycles. The minimum absolute atomic E-state index is 0.0709. The van der Waals surface area contributed by atoms with Crippen LogP contribution in [0.25, 0.3) is 0 Å². The Bertz CT molecular complexity index is 852. The van der Waals surface area contributed by atoms with Crippen molar-refractivity contribution in [2.24, 2.45) is 0 Å². The largest absolute Gasteiger partial charge is 0.395 e. The second kappa shape index (κ2) is 14.1. The van der Waals surface area contributed by atoms with Gasteiger partial charge in [-0.15, -0.1) is 0 Å². The average molecular weight is 441 g/mol. The number of unbranched alkanes of at least 4 members (excludes halogenated alkanes) is 3. The molecule has 0 saturated carbocycles. The van der Waals surface area contributed by atoms with E-state index in [1.807, 2.05) is 42.5 Å². The van der Waals surface area contributed by atoms with Gasteiger partial charge in [-0.25, -0.2) is 0 Å². The number of nitrogens with one attached hydrogen (secondary N) is 1. The van der Waals surface area contributed by atoms with Crippen LogP contribution in [0.4, 0.5) is 11.4 Å². The number of amides is 2. The number of carbonyl (C=O) groups excluding carboxylic acids is 3. The SMILES string of the molecule is O=C(CO)CCCCCCC(=O)Nc1ccc(CC(=O)N(CCO)c2ccccc2)cc1. The number of rotatable bonds is 14. The predicted octanol–water partition coefficient (Wildman–Crippen LogP) is 3.10. The molecule has 0 heterocycles. The fourth-order valence-corrected chi connectivity index (χ4v) is 3.35. The number of hydrogen-bond donors (Lipinski definition) is 3. The van der Waals surface area contributed by atoms with E-state index in [-0.39, 0.29) is 37.2 Å². The van der Waals surface area contributed by atoms with Crippen LogP contribution in [0, 0.1) is 0 Å². The number of anilines is 2. The summed E-state index contributed by atoms with van der Waals surface area (Å²) in [6.07, 6.45) is 4.19. The third-order valence-corrected chi connectivity index (χ3v) is 5.07. The topological polar surface area (TPSA) is 107 Å². The summed E-state index contributed by atoms with van der Waals surface area (Å²) in [7, 11) is 0. The molecule has 2 amide bonds. The molecule has 2 aromatic rings. The Labute approximate surface area is 189 Å². The average Bonchev–Trinajstić information content (AvgIpc) is 2.81. The zero-order chi connectivity index (χ0) is 23.2. The van der Waals surface area contributed by atoms with Gasteiger partial charge in [-0.3, -0.25) is 14.4 Å². The molecule has 7 nitrogen and oxygen atoms in total. The van der Waals surface area contributed by atoms with Crippen LogP contribution >= 0.6 is 0 Å². The van der Waals surface area contributed by atoms with Gasteiger partial charge in [0.1, 0.15) is 6.61 Å². The van der Waals surface area contributed by atoms with Gasteiger partial charge in [0.05, 0.1) is 13.0 Å². The Morgan fingerprint density at radius 3 is 2.09 bits per heavy atom. The van der Waals surface area contributed by atoms with Crippen LogP contribution in [0.2, 0.25) is 0 Å². The lowest BCUT2D eigenvalue weighted by atomic mass is 10.1. The van der Waals surface area contributed by atoms with Crippen LogP contribution < -0.4 is 10.2 Å². The summed E-state index contributed by atoms with van der Waals surface area (Å²) in [6.45, 7) is -0.287. The van der Waals surface area contributed by atoms with Crippen LogP contribution in [0.3, 0.4) is 0 Å². The molecule has 0 aliphatic heterocycles. The Balaban J connectivity index is 1.76. The van der Waals surface area contributed by atoms with Crippen molar-refractivity contribution in [2.45, 2.75) is 44.9 Å². The molecular weight excluding hydrogens is 408 g/mol. The number of carbonyl (C=O) groups is 3. The summed E-state index contributed by atoms with van der Waals surface area (Å²) < 4.78 is 0. The van der Waals surface area contributed by atoms with Gasteiger partial charge in [0.25, 0.3) is 0 Å². The number of nitrogens with zero attached hydrogens (tertiary/aromatic N) is 1. The first-order valence-corrected chi connectivity index (χ1v) is 11.0. The number of benzene rings is 2. The summed E-state index contributed by atoms with van der Waals surface area (Å²) in [6, 6.07) is 16.4. The molecule has 0 fully saturated rings. The molecule has 0 atom stereocenters. The van der Waals surface area contributed by atoms with Gasteiger partial charge in [0.2, 0.25) is 11.8 Å². The highest BCUT2D eigenvalue weighted by molar-refractivity contribution is 5.95. The molecule has 0 aromatic heterocycles. The minimum Gasteiger partial charge on any atom is -0.395 e. The van der Waals surface area contributed by atoms with Crippen molar-refractivity contribution in [1.29, 1.82) is 0 Å². The predicted molar refractivity (Wildman–Crippen MR) is 124 cm³/mol. The Hall–Kier alpha value is -3.03. The number of aliphatic hydroxyl groups is 2. The van der Waals surface area contributed by atoms with E-state index in [9.17, 15) is 19.5 Å². The number of hydrogen-bond acceptors (Lipinski definition) is 5. The van der Waals surface area contributed by atoms with Crippen LogP contribution in [0.15, 0.2) is 54.6 Å². The first-order chi connectivity index (χ1) is 15.5. The molecule has 0 bridgehead atoms. The molecular formula is C25H32N2O5. The maximum atomic E-state index is 12.7. The van der Waals surface area contributed by atoms with E-state index in [0.717, 1.165) is 36.9 Å². The van der Waals surface area contributed by atoms with Crippen molar-refractivity contribution < 1.29 is 24.6 Å². The maximum absolute atomic E-state index is 12.7. The maximum Gasteiger partial charge on any atom is 0.231 e. The summed E-state index contributed by atoms with van der Waals surface area (Å²) in [4.78, 5) is 37.4. The molecule has 172 valence electrons. The molecule has 0 saturated heterocycles. The lowest BCUT2D eigenvalue weighted by molar-refractivity contribution is -0.122. The van der Waals surface area contributed by atoms with E-state index in [2.05, 4.69) is 5.32 Å². The van der Waals surface area contributed by atoms with Gasteiger partial charge < -0.3 is 20.4 Å². The van der Waals surface area contributed by atoms with E-state index in [0.29, 0.717) is 18.5 Å². The van der Waals surface area contributed by atoms with Crippen molar-refractivity contribution in [3.63, 3.8) is 0 Å². The quantitative estimate of drug-likeness (QED) is 0.391. The molecule has 2 rings (SSSR count). The second-order valence-corrected chi connectivity index (χ2v) is 7.64. The third kappa shape index (κ3) is 8.99. The molecule has 2 aromatic carbocycles. The van der Waals surface area contributed by atoms with E-state index in [4.69, 9.17) is 5.11 Å². The zero-order valence-corrected chi connectivity index (χ0v) is 18.3. The molecule has 0 radical (unpaired) electrons. The van der Waals surface area contributed by atoms with Crippen LogP contribution in [0.5, 0.6) is 0 Å². The first-order valence-electron chi connectivity index (χ1n) is 11.0. The van der Waals surface area contributed by atoms with Gasteiger partial charge in [0, 0.05) is 30.8 Å². The van der Waals surface area contributed by atoms with Gasteiger partial charge in [-0.05, 0) is 42.7 Å². The smallest absolute Gasteiger partial charge is 0.231 e. The molecule has 7 heteroatoms. The molecule has 32 heavy (non-hydrogen) atoms. The normalized spacial score (nSPS) is 10.6. The summed E-state index contributed by atoms with van der Waals surface area (Å²) >= 11 is 0. The first kappa shape index (κ1) is 25.2. The highest BCUT2D eigenvalue weighted by Crippen LogP contribution is 2.17. The van der Waals surface area contributed by atoms with E-state index < -0.39 is 6.61 Å². The summed E-state index contributed by atoms with van der Waals surface area (Å²) in [5.74, 6) is -0.324. The zero-order valence-electron chi connectivity index (χ0n) is 18.3. The van der Waals surface area contributed by atoms with Crippen LogP contribution in [-0.2, 0) is 20.8 Å². The van der Waals surface area contributed by atoms with E-state index in [1.54, 1.807) is 17.0 Å². The summed E-state index contributed by atoms with van der Waals surface area (Å²) in [5.41, 5.74) is 2.25. The number of Topliss-reactive ketones (excluding diaryl/α,β-unsaturated/α-hetero) is 1. The van der Waals surface area contributed by atoms with Crippen molar-refractivity contribution in [1.82, 2.24) is 0 Å². The molecule has 0 aliphatic rings. The summed E-state index contributed by atoms with van der Waals surface area (Å²) in [5, 5.41) is 20.8. The highest BCUT2D eigenvalue weighted by atomic mass is 16.3. The van der Waals surface area contributed by atoms with E-state index >= 15 is 0 Å². The van der Waals surface area contributed by atoms with Crippen molar-refractivity contribution in [3.05, 3.63) is 60.2 Å². The second-order valence-electron chi connectivity index (χ2n) is 7.64. The van der Waals surface area contributed by atoms with E-state index in [1.165, 1.54) is 0 Å². The standard InChI is InChI=1S/C25H32N2O5/c28-17-16-27(22-8-4-3-5-9-22)25(32)18-20-12-14-21(15-13-20)26-24(31)11-7-2-1-6-10-23(30)19-29/h3-5,8-9,12-15,28-29H,1-2,6-7,10-11,16-19H2,(H,26,31). The molecule has 3 N–H and O–H groups in total. The monoisotopic (exact) mass is 440 g/mol. The van der Waals surface area contributed by atoms with Gasteiger partial charge in [-0.1, -0.05) is 43.2 Å². The molecule has 0 unspecified atom stereocenters. The fourth-order valence-electron chi connectivity index (χ4n) is 3.35. The van der Waals surface area contributed by atoms with Gasteiger partial charge >= 0.3 is 0 Å². The number of para-hydroxylation sites is 1.